The Labute approximate surface area is 146 Å². The van der Waals surface area contributed by atoms with Crippen LogP contribution in [0.25, 0.3) is 22.4 Å². The minimum atomic E-state index is -1.29. The third kappa shape index (κ3) is 2.55. The Kier molecular flexibility index (Phi) is 3.90. The monoisotopic (exact) mass is 330 g/mol. The van der Waals surface area contributed by atoms with Crippen molar-refractivity contribution < 1.29 is 14.2 Å². The first-order valence-electron chi connectivity index (χ1n) is 8.11. The molecule has 0 amide bonds. The van der Waals surface area contributed by atoms with Crippen molar-refractivity contribution in [3.05, 3.63) is 83.6 Å². The van der Waals surface area contributed by atoms with Gasteiger partial charge in [0.05, 0.1) is 0 Å². The first kappa shape index (κ1) is 15.7. The van der Waals surface area contributed by atoms with Crippen molar-refractivity contribution in [2.45, 2.75) is 5.97 Å². The van der Waals surface area contributed by atoms with E-state index in [4.69, 9.17) is 14.2 Å². The quantitative estimate of drug-likeness (QED) is 0.506. The van der Waals surface area contributed by atoms with Crippen LogP contribution in [0.15, 0.2) is 72.5 Å². The zero-order valence-corrected chi connectivity index (χ0v) is 14.2. The summed E-state index contributed by atoms with van der Waals surface area (Å²) in [7, 11) is 3.14. The summed E-state index contributed by atoms with van der Waals surface area (Å²) in [4.78, 5) is 0. The van der Waals surface area contributed by atoms with Crippen molar-refractivity contribution >= 4 is 22.4 Å². The number of benzene rings is 3. The Balaban J connectivity index is 2.00. The summed E-state index contributed by atoms with van der Waals surface area (Å²) >= 11 is 0. The van der Waals surface area contributed by atoms with E-state index in [9.17, 15) is 0 Å². The first-order valence-corrected chi connectivity index (χ1v) is 8.11. The van der Waals surface area contributed by atoms with E-state index in [1.54, 1.807) is 14.2 Å². The second-order valence-corrected chi connectivity index (χ2v) is 5.80. The molecular weight excluding hydrogens is 312 g/mol. The maximum atomic E-state index is 6.04. The predicted molar refractivity (Wildman–Crippen MR) is 99.2 cm³/mol. The second-order valence-electron chi connectivity index (χ2n) is 5.80. The molecule has 3 nitrogen and oxygen atoms in total. The van der Waals surface area contributed by atoms with E-state index in [1.165, 1.54) is 0 Å². The van der Waals surface area contributed by atoms with Crippen LogP contribution in [-0.4, -0.2) is 20.2 Å². The van der Waals surface area contributed by atoms with Crippen LogP contribution in [0.4, 0.5) is 0 Å². The Morgan fingerprint density at radius 1 is 0.880 bits per heavy atom. The highest BCUT2D eigenvalue weighted by atomic mass is 16.9. The van der Waals surface area contributed by atoms with Crippen LogP contribution < -0.4 is 4.74 Å². The van der Waals surface area contributed by atoms with Crippen molar-refractivity contribution in [3.63, 3.8) is 0 Å². The van der Waals surface area contributed by atoms with Gasteiger partial charge in [0.15, 0.2) is 0 Å². The molecule has 0 saturated heterocycles. The van der Waals surface area contributed by atoms with Crippen LogP contribution in [0.1, 0.15) is 11.1 Å². The van der Waals surface area contributed by atoms with Gasteiger partial charge < -0.3 is 14.2 Å². The van der Waals surface area contributed by atoms with Gasteiger partial charge in [0.1, 0.15) is 11.3 Å². The summed E-state index contributed by atoms with van der Waals surface area (Å²) in [6.45, 7) is 0. The molecule has 3 aromatic rings. The van der Waals surface area contributed by atoms with Crippen LogP contribution in [-0.2, 0) is 9.47 Å². The Hall–Kier alpha value is -2.84. The molecule has 0 aromatic heterocycles. The number of ether oxygens (including phenoxy) is 3. The van der Waals surface area contributed by atoms with Gasteiger partial charge in [-0.3, -0.25) is 0 Å². The van der Waals surface area contributed by atoms with Crippen molar-refractivity contribution in [2.75, 3.05) is 14.2 Å². The molecule has 1 aliphatic rings. The average Bonchev–Trinajstić information content (AvgIpc) is 3.01. The fourth-order valence-electron chi connectivity index (χ4n) is 3.18. The molecule has 1 heterocycles. The highest BCUT2D eigenvalue weighted by molar-refractivity contribution is 5.99. The van der Waals surface area contributed by atoms with Gasteiger partial charge in [0.25, 0.3) is 0 Å². The second kappa shape index (κ2) is 6.23. The molecule has 0 N–H and O–H groups in total. The number of hydrogen-bond donors (Lipinski definition) is 0. The van der Waals surface area contributed by atoms with E-state index in [2.05, 4.69) is 17.9 Å². The first-order chi connectivity index (χ1) is 12.3. The zero-order valence-electron chi connectivity index (χ0n) is 14.2. The van der Waals surface area contributed by atoms with Gasteiger partial charge in [-0.2, -0.15) is 0 Å². The third-order valence-electron chi connectivity index (χ3n) is 4.41. The van der Waals surface area contributed by atoms with Crippen LogP contribution in [0.2, 0.25) is 0 Å². The lowest BCUT2D eigenvalue weighted by molar-refractivity contribution is -0.272. The molecule has 0 saturated carbocycles. The molecule has 3 aromatic carbocycles. The summed E-state index contributed by atoms with van der Waals surface area (Å²) in [5.41, 5.74) is 6.08. The highest BCUT2D eigenvalue weighted by Crippen LogP contribution is 2.47. The Morgan fingerprint density at radius 3 is 2.36 bits per heavy atom. The molecule has 0 spiro atoms. The number of rotatable bonds is 3. The summed E-state index contributed by atoms with van der Waals surface area (Å²) in [5, 5.41) is 2.21. The molecule has 0 aliphatic carbocycles. The smallest absolute Gasteiger partial charge is 0.364 e. The van der Waals surface area contributed by atoms with E-state index >= 15 is 0 Å². The fourth-order valence-corrected chi connectivity index (χ4v) is 3.18. The lowest BCUT2D eigenvalue weighted by atomic mass is 9.98. The topological polar surface area (TPSA) is 27.7 Å². The van der Waals surface area contributed by atoms with Gasteiger partial charge in [0.2, 0.25) is 0 Å². The molecule has 4 rings (SSSR count). The minimum Gasteiger partial charge on any atom is -0.434 e. The molecule has 0 atom stereocenters. The molecule has 0 fully saturated rings. The van der Waals surface area contributed by atoms with Gasteiger partial charge in [0, 0.05) is 19.8 Å². The third-order valence-corrected chi connectivity index (χ3v) is 4.41. The fraction of sp³-hybridized carbons (Fsp3) is 0.136. The van der Waals surface area contributed by atoms with E-state index in [-0.39, 0.29) is 0 Å². The van der Waals surface area contributed by atoms with Gasteiger partial charge in [-0.1, -0.05) is 60.7 Å². The van der Waals surface area contributed by atoms with Crippen LogP contribution in [0.5, 0.6) is 5.75 Å². The number of hydrogen-bond acceptors (Lipinski definition) is 3. The van der Waals surface area contributed by atoms with Crippen molar-refractivity contribution in [2.24, 2.45) is 0 Å². The van der Waals surface area contributed by atoms with Crippen molar-refractivity contribution in [3.8, 4) is 5.75 Å². The molecule has 0 unspecified atom stereocenters. The van der Waals surface area contributed by atoms with Gasteiger partial charge in [-0.25, -0.2) is 0 Å². The van der Waals surface area contributed by atoms with E-state index < -0.39 is 5.97 Å². The predicted octanol–water partition coefficient (Wildman–Crippen LogP) is 4.87. The summed E-state index contributed by atoms with van der Waals surface area (Å²) in [5.74, 6) is -0.566. The summed E-state index contributed by atoms with van der Waals surface area (Å²) in [6, 6.07) is 22.2. The van der Waals surface area contributed by atoms with Crippen LogP contribution >= 0.6 is 0 Å². The molecule has 3 heteroatoms. The zero-order chi connectivity index (χ0) is 17.3. The van der Waals surface area contributed by atoms with E-state index in [1.807, 2.05) is 60.7 Å². The lowest BCUT2D eigenvalue weighted by Crippen LogP contribution is -2.37. The van der Waals surface area contributed by atoms with Crippen LogP contribution in [0.3, 0.4) is 0 Å². The summed E-state index contributed by atoms with van der Waals surface area (Å²) in [6.07, 6.45) is 1.92. The Morgan fingerprint density at radius 2 is 1.60 bits per heavy atom. The van der Waals surface area contributed by atoms with Crippen LogP contribution in [0, 0.1) is 0 Å². The molecule has 1 aliphatic heterocycles. The molecule has 124 valence electrons. The average molecular weight is 330 g/mol. The molecule has 0 radical (unpaired) electrons. The largest absolute Gasteiger partial charge is 0.434 e. The maximum absolute atomic E-state index is 6.04. The maximum Gasteiger partial charge on any atom is 0.364 e. The minimum absolute atomic E-state index is 0.728. The molecular formula is C22H18O3. The van der Waals surface area contributed by atoms with Gasteiger partial charge in [-0.15, -0.1) is 5.73 Å². The SMILES string of the molecule is COC1(OC)Oc2ccc3ccccc3c2C1=C=Cc1ccccc1. The van der Waals surface area contributed by atoms with E-state index in [0.29, 0.717) is 0 Å². The number of fused-ring (bicyclic) bond motifs is 3. The van der Waals surface area contributed by atoms with Crippen molar-refractivity contribution in [1.82, 2.24) is 0 Å². The highest BCUT2D eigenvalue weighted by Gasteiger charge is 2.46. The standard InChI is InChI=1S/C22H18O3/c1-23-22(24-2)19(14-12-16-8-4-3-5-9-16)21-18-11-7-6-10-17(18)13-15-20(21)25-22/h3-13,15H,1-2H3. The Bertz CT molecular complexity index is 979. The molecule has 25 heavy (non-hydrogen) atoms. The van der Waals surface area contributed by atoms with Crippen molar-refractivity contribution in [1.29, 1.82) is 0 Å². The molecule has 0 bridgehead atoms. The van der Waals surface area contributed by atoms with Gasteiger partial charge >= 0.3 is 5.97 Å². The number of methoxy groups -OCH3 is 2. The normalized spacial score (nSPS) is 14.7. The summed E-state index contributed by atoms with van der Waals surface area (Å²) < 4.78 is 17.3. The lowest BCUT2D eigenvalue weighted by Gasteiger charge is -2.24. The van der Waals surface area contributed by atoms with E-state index in [0.717, 1.165) is 33.2 Å². The van der Waals surface area contributed by atoms with Gasteiger partial charge in [-0.05, 0) is 28.5 Å².